The van der Waals surface area contributed by atoms with E-state index in [2.05, 4.69) is 63.9 Å². The molecule has 24 heavy (non-hydrogen) atoms. The number of aromatic nitrogens is 1. The lowest BCUT2D eigenvalue weighted by Crippen LogP contribution is -2.28. The Morgan fingerprint density at radius 3 is 2.75 bits per heavy atom. The van der Waals surface area contributed by atoms with E-state index in [0.717, 1.165) is 45.5 Å². The van der Waals surface area contributed by atoms with Crippen molar-refractivity contribution < 1.29 is 4.79 Å². The molecule has 120 valence electrons. The van der Waals surface area contributed by atoms with Crippen molar-refractivity contribution in [1.29, 1.82) is 0 Å². The summed E-state index contributed by atoms with van der Waals surface area (Å²) in [5, 5.41) is 0. The van der Waals surface area contributed by atoms with Crippen LogP contribution in [-0.2, 0) is 11.3 Å². The van der Waals surface area contributed by atoms with E-state index in [1.165, 1.54) is 0 Å². The monoisotopic (exact) mass is 380 g/mol. The molecule has 1 aliphatic rings. The molecule has 4 heteroatoms. The Labute approximate surface area is 149 Å². The van der Waals surface area contributed by atoms with Crippen LogP contribution in [0.1, 0.15) is 28.4 Å². The van der Waals surface area contributed by atoms with Crippen LogP contribution in [0.4, 0.5) is 5.69 Å². The van der Waals surface area contributed by atoms with Gasteiger partial charge in [-0.05, 0) is 47.9 Å². The second-order valence-electron chi connectivity index (χ2n) is 6.11. The number of carbonyl (C=O) groups is 1. The second-order valence-corrected chi connectivity index (χ2v) is 6.97. The number of anilines is 1. The Morgan fingerprint density at radius 1 is 1.12 bits per heavy atom. The number of hydrogen-bond donors (Lipinski definition) is 0. The average Bonchev–Trinajstić information content (AvgIpc) is 2.99. The van der Waals surface area contributed by atoms with Crippen molar-refractivity contribution in [2.45, 2.75) is 19.5 Å². The summed E-state index contributed by atoms with van der Waals surface area (Å²) >= 11 is 3.56. The highest BCUT2D eigenvalue weighted by Gasteiger charge is 2.29. The molecule has 0 saturated carbocycles. The number of aryl methyl sites for hydroxylation is 1. The van der Waals surface area contributed by atoms with Gasteiger partial charge in [0.15, 0.2) is 0 Å². The third kappa shape index (κ3) is 2.38. The molecule has 0 radical (unpaired) electrons. The molecule has 0 aliphatic carbocycles. The van der Waals surface area contributed by atoms with Gasteiger partial charge >= 0.3 is 0 Å². The molecule has 2 aromatic carbocycles. The lowest BCUT2D eigenvalue weighted by molar-refractivity contribution is -0.107. The Balaban J connectivity index is 1.96. The second kappa shape index (κ2) is 5.95. The van der Waals surface area contributed by atoms with Gasteiger partial charge in [0, 0.05) is 28.6 Å². The first kappa shape index (κ1) is 15.2. The first-order valence-corrected chi connectivity index (χ1v) is 8.71. The van der Waals surface area contributed by atoms with Crippen LogP contribution in [0.25, 0.3) is 0 Å². The molecule has 0 fully saturated rings. The number of carbonyl (C=O) groups excluding carboxylic acids is 1. The van der Waals surface area contributed by atoms with E-state index in [1.807, 2.05) is 29.2 Å². The number of amides is 1. The summed E-state index contributed by atoms with van der Waals surface area (Å²) in [6.07, 6.45) is 3.03. The predicted molar refractivity (Wildman–Crippen MR) is 99.2 cm³/mol. The van der Waals surface area contributed by atoms with Gasteiger partial charge in [0.1, 0.15) is 6.04 Å². The van der Waals surface area contributed by atoms with E-state index in [1.54, 1.807) is 0 Å². The van der Waals surface area contributed by atoms with Gasteiger partial charge in [-0.3, -0.25) is 4.79 Å². The largest absolute Gasteiger partial charge is 0.345 e. The van der Waals surface area contributed by atoms with Gasteiger partial charge in [-0.2, -0.15) is 0 Å². The number of para-hydroxylation sites is 1. The Bertz CT molecular complexity index is 916. The summed E-state index contributed by atoms with van der Waals surface area (Å²) in [5.41, 5.74) is 5.52. The molecular weight excluding hydrogens is 364 g/mol. The average molecular weight is 381 g/mol. The van der Waals surface area contributed by atoms with Gasteiger partial charge in [0.2, 0.25) is 6.41 Å². The molecule has 0 saturated heterocycles. The van der Waals surface area contributed by atoms with E-state index in [-0.39, 0.29) is 6.04 Å². The van der Waals surface area contributed by atoms with Crippen molar-refractivity contribution in [3.8, 4) is 0 Å². The number of benzene rings is 2. The fourth-order valence-electron chi connectivity index (χ4n) is 3.47. The summed E-state index contributed by atoms with van der Waals surface area (Å²) in [6.45, 7) is 2.84. The van der Waals surface area contributed by atoms with Crippen LogP contribution in [0, 0.1) is 6.92 Å². The van der Waals surface area contributed by atoms with Crippen molar-refractivity contribution in [2.75, 3.05) is 4.90 Å². The smallest absolute Gasteiger partial charge is 0.215 e. The number of nitrogens with zero attached hydrogens (tertiary/aromatic N) is 2. The van der Waals surface area contributed by atoms with Crippen LogP contribution in [0.5, 0.6) is 0 Å². The zero-order chi connectivity index (χ0) is 16.7. The Kier molecular flexibility index (Phi) is 3.77. The lowest BCUT2D eigenvalue weighted by Gasteiger charge is -2.28. The molecule has 3 aromatic rings. The van der Waals surface area contributed by atoms with Crippen LogP contribution in [0.2, 0.25) is 0 Å². The SMILES string of the molecule is Cc1cc(C2c3cccn3Cc3ccccc3N2C=O)ccc1Br. The summed E-state index contributed by atoms with van der Waals surface area (Å²) in [6, 6.07) is 18.4. The quantitative estimate of drug-likeness (QED) is 0.592. The molecule has 1 amide bonds. The Morgan fingerprint density at radius 2 is 1.96 bits per heavy atom. The molecule has 1 atom stereocenters. The Hall–Kier alpha value is -2.33. The van der Waals surface area contributed by atoms with Gasteiger partial charge in [-0.25, -0.2) is 0 Å². The van der Waals surface area contributed by atoms with E-state index in [0.29, 0.717) is 0 Å². The molecule has 0 spiro atoms. The molecule has 0 bridgehead atoms. The maximum Gasteiger partial charge on any atom is 0.215 e. The number of halogens is 1. The fraction of sp³-hybridized carbons (Fsp3) is 0.150. The van der Waals surface area contributed by atoms with Crippen molar-refractivity contribution in [1.82, 2.24) is 4.57 Å². The van der Waals surface area contributed by atoms with Crippen molar-refractivity contribution >= 4 is 28.0 Å². The standard InChI is InChI=1S/C20H17BrN2O/c1-14-11-15(8-9-17(14)21)20-19-7-4-10-22(19)12-16-5-2-3-6-18(16)23(20)13-24/h2-11,13,20H,12H2,1H3. The molecule has 4 rings (SSSR count). The van der Waals surface area contributed by atoms with Crippen LogP contribution in [-0.4, -0.2) is 11.0 Å². The van der Waals surface area contributed by atoms with Gasteiger partial charge in [-0.15, -0.1) is 0 Å². The maximum atomic E-state index is 12.1. The topological polar surface area (TPSA) is 25.2 Å². The third-order valence-electron chi connectivity index (χ3n) is 4.64. The zero-order valence-corrected chi connectivity index (χ0v) is 14.9. The minimum Gasteiger partial charge on any atom is -0.345 e. The predicted octanol–water partition coefficient (Wildman–Crippen LogP) is 4.67. The summed E-state index contributed by atoms with van der Waals surface area (Å²) < 4.78 is 3.30. The fourth-order valence-corrected chi connectivity index (χ4v) is 3.71. The first-order valence-electron chi connectivity index (χ1n) is 7.91. The van der Waals surface area contributed by atoms with E-state index in [4.69, 9.17) is 0 Å². The normalized spacial score (nSPS) is 16.2. The van der Waals surface area contributed by atoms with Crippen LogP contribution < -0.4 is 4.90 Å². The molecular formula is C20H17BrN2O. The molecule has 0 N–H and O–H groups in total. The van der Waals surface area contributed by atoms with E-state index < -0.39 is 0 Å². The van der Waals surface area contributed by atoms with Gasteiger partial charge in [-0.1, -0.05) is 46.3 Å². The molecule has 1 aliphatic heterocycles. The summed E-state index contributed by atoms with van der Waals surface area (Å²) in [7, 11) is 0. The number of rotatable bonds is 2. The van der Waals surface area contributed by atoms with E-state index in [9.17, 15) is 4.79 Å². The minimum atomic E-state index is -0.132. The highest BCUT2D eigenvalue weighted by molar-refractivity contribution is 9.10. The molecule has 1 aromatic heterocycles. The highest BCUT2D eigenvalue weighted by atomic mass is 79.9. The number of fused-ring (bicyclic) bond motifs is 2. The highest BCUT2D eigenvalue weighted by Crippen LogP contribution is 2.38. The van der Waals surface area contributed by atoms with Crippen LogP contribution in [0.15, 0.2) is 65.3 Å². The van der Waals surface area contributed by atoms with Crippen LogP contribution >= 0.6 is 15.9 Å². The van der Waals surface area contributed by atoms with Crippen molar-refractivity contribution in [3.63, 3.8) is 0 Å². The van der Waals surface area contributed by atoms with Crippen LogP contribution in [0.3, 0.4) is 0 Å². The maximum absolute atomic E-state index is 12.1. The zero-order valence-electron chi connectivity index (χ0n) is 13.3. The lowest BCUT2D eigenvalue weighted by atomic mass is 10.00. The minimum absolute atomic E-state index is 0.132. The van der Waals surface area contributed by atoms with Crippen molar-refractivity contribution in [3.05, 3.63) is 87.7 Å². The van der Waals surface area contributed by atoms with Crippen molar-refractivity contribution in [2.24, 2.45) is 0 Å². The first-order chi connectivity index (χ1) is 11.7. The molecule has 1 unspecified atom stereocenters. The molecule has 2 heterocycles. The summed E-state index contributed by atoms with van der Waals surface area (Å²) in [4.78, 5) is 13.9. The molecule has 3 nitrogen and oxygen atoms in total. The number of hydrogen-bond acceptors (Lipinski definition) is 1. The summed E-state index contributed by atoms with van der Waals surface area (Å²) in [5.74, 6) is 0. The third-order valence-corrected chi connectivity index (χ3v) is 5.53. The van der Waals surface area contributed by atoms with Gasteiger partial charge in [0.25, 0.3) is 0 Å². The van der Waals surface area contributed by atoms with Gasteiger partial charge < -0.3 is 9.47 Å². The van der Waals surface area contributed by atoms with Gasteiger partial charge in [0.05, 0.1) is 0 Å². The van der Waals surface area contributed by atoms with E-state index >= 15 is 0 Å².